The smallest absolute Gasteiger partial charge is 0.303 e. The van der Waals surface area contributed by atoms with E-state index >= 15 is 0 Å². The van der Waals surface area contributed by atoms with Crippen molar-refractivity contribution >= 4 is 11.9 Å². The molecule has 0 aromatic carbocycles. The molecule has 0 spiro atoms. The van der Waals surface area contributed by atoms with E-state index in [0.717, 1.165) is 19.3 Å². The number of hydrogen-bond acceptors (Lipinski definition) is 3. The summed E-state index contributed by atoms with van der Waals surface area (Å²) in [7, 11) is 0. The first-order chi connectivity index (χ1) is 8.72. The molecule has 1 fully saturated rings. The van der Waals surface area contributed by atoms with Gasteiger partial charge < -0.3 is 15.7 Å². The Balaban J connectivity index is 2.24. The van der Waals surface area contributed by atoms with Gasteiger partial charge in [-0.15, -0.1) is 0 Å². The molecule has 1 aliphatic carbocycles. The lowest BCUT2D eigenvalue weighted by Crippen LogP contribution is -2.44. The number of carboxylic acids is 1. The van der Waals surface area contributed by atoms with E-state index in [1.54, 1.807) is 0 Å². The number of carbonyl (C=O) groups excluding carboxylic acids is 1. The van der Waals surface area contributed by atoms with Crippen LogP contribution < -0.4 is 10.6 Å². The van der Waals surface area contributed by atoms with Gasteiger partial charge in [-0.3, -0.25) is 9.59 Å². The third-order valence-corrected chi connectivity index (χ3v) is 3.61. The molecule has 1 amide bonds. The molecule has 0 aliphatic heterocycles. The minimum absolute atomic E-state index is 0.00610. The van der Waals surface area contributed by atoms with Gasteiger partial charge in [0.15, 0.2) is 0 Å². The topological polar surface area (TPSA) is 78.4 Å². The Morgan fingerprint density at radius 1 is 1.26 bits per heavy atom. The molecule has 1 aliphatic rings. The second-order valence-electron chi connectivity index (χ2n) is 6.63. The molecule has 1 rings (SSSR count). The summed E-state index contributed by atoms with van der Waals surface area (Å²) in [5.41, 5.74) is -0.183. The average Bonchev–Trinajstić information content (AvgIpc) is 2.19. The van der Waals surface area contributed by atoms with Crippen LogP contribution in [0.1, 0.15) is 52.9 Å². The quantitative estimate of drug-likeness (QED) is 0.655. The lowest BCUT2D eigenvalue weighted by molar-refractivity contribution is -0.141. The van der Waals surface area contributed by atoms with Crippen molar-refractivity contribution in [2.24, 2.45) is 5.41 Å². The minimum Gasteiger partial charge on any atom is -0.481 e. The largest absolute Gasteiger partial charge is 0.481 e. The molecule has 5 heteroatoms. The van der Waals surface area contributed by atoms with Gasteiger partial charge >= 0.3 is 5.97 Å². The van der Waals surface area contributed by atoms with Gasteiger partial charge in [-0.25, -0.2) is 0 Å². The summed E-state index contributed by atoms with van der Waals surface area (Å²) in [4.78, 5) is 22.5. The van der Waals surface area contributed by atoms with Crippen molar-refractivity contribution in [1.82, 2.24) is 10.6 Å². The number of aliphatic carboxylic acids is 1. The molecule has 0 bridgehead atoms. The summed E-state index contributed by atoms with van der Waals surface area (Å²) in [6.07, 6.45) is 3.46. The molecule has 3 N–H and O–H groups in total. The molecule has 0 radical (unpaired) electrons. The van der Waals surface area contributed by atoms with Crippen LogP contribution in [0.4, 0.5) is 0 Å². The molecule has 19 heavy (non-hydrogen) atoms. The zero-order valence-corrected chi connectivity index (χ0v) is 12.2. The van der Waals surface area contributed by atoms with Crippen molar-refractivity contribution in [3.05, 3.63) is 0 Å². The Hall–Kier alpha value is -1.10. The molecule has 0 heterocycles. The first kappa shape index (κ1) is 16.0. The van der Waals surface area contributed by atoms with Crippen molar-refractivity contribution in [3.63, 3.8) is 0 Å². The second kappa shape index (κ2) is 6.37. The van der Waals surface area contributed by atoms with Crippen molar-refractivity contribution < 1.29 is 14.7 Å². The van der Waals surface area contributed by atoms with Gasteiger partial charge in [0.25, 0.3) is 0 Å². The summed E-state index contributed by atoms with van der Waals surface area (Å²) < 4.78 is 0. The van der Waals surface area contributed by atoms with Gasteiger partial charge in [0.1, 0.15) is 0 Å². The zero-order valence-electron chi connectivity index (χ0n) is 12.2. The Morgan fingerprint density at radius 2 is 1.89 bits per heavy atom. The monoisotopic (exact) mass is 270 g/mol. The van der Waals surface area contributed by atoms with Crippen LogP contribution >= 0.6 is 0 Å². The lowest BCUT2D eigenvalue weighted by Gasteiger charge is -2.40. The number of nitrogens with one attached hydrogen (secondary N) is 2. The van der Waals surface area contributed by atoms with Crippen LogP contribution in [-0.4, -0.2) is 35.6 Å². The van der Waals surface area contributed by atoms with E-state index in [0.29, 0.717) is 19.5 Å². The predicted molar refractivity (Wildman–Crippen MR) is 73.9 cm³/mol. The molecule has 0 atom stereocenters. The molecule has 1 saturated carbocycles. The van der Waals surface area contributed by atoms with Crippen LogP contribution in [0.25, 0.3) is 0 Å². The van der Waals surface area contributed by atoms with Gasteiger partial charge in [0.05, 0.1) is 6.42 Å². The first-order valence-corrected chi connectivity index (χ1v) is 6.96. The first-order valence-electron chi connectivity index (χ1n) is 6.96. The van der Waals surface area contributed by atoms with Crippen LogP contribution in [-0.2, 0) is 9.59 Å². The molecule has 0 unspecified atom stereocenters. The zero-order chi connectivity index (χ0) is 14.5. The maximum absolute atomic E-state index is 11.7. The molecule has 0 saturated heterocycles. The van der Waals surface area contributed by atoms with Gasteiger partial charge in [-0.2, -0.15) is 0 Å². The van der Waals surface area contributed by atoms with Crippen LogP contribution in [0.2, 0.25) is 0 Å². The maximum atomic E-state index is 11.7. The van der Waals surface area contributed by atoms with E-state index in [1.807, 2.05) is 0 Å². The van der Waals surface area contributed by atoms with Crippen molar-refractivity contribution in [1.29, 1.82) is 0 Å². The molecule has 5 nitrogen and oxygen atoms in total. The van der Waals surface area contributed by atoms with E-state index in [4.69, 9.17) is 5.11 Å². The van der Waals surface area contributed by atoms with Crippen LogP contribution in [0.15, 0.2) is 0 Å². The fraction of sp³-hybridized carbons (Fsp3) is 0.857. The number of rotatable bonds is 7. The van der Waals surface area contributed by atoms with Gasteiger partial charge in [-0.1, -0.05) is 6.42 Å². The maximum Gasteiger partial charge on any atom is 0.303 e. The van der Waals surface area contributed by atoms with Gasteiger partial charge in [0, 0.05) is 25.0 Å². The SMILES string of the molecule is CC(C)(C)NCCC(=O)NCC1(CC(=O)O)CCC1. The van der Waals surface area contributed by atoms with Crippen LogP contribution in [0, 0.1) is 5.41 Å². The van der Waals surface area contributed by atoms with E-state index < -0.39 is 5.97 Å². The van der Waals surface area contributed by atoms with E-state index in [2.05, 4.69) is 31.4 Å². The Bertz CT molecular complexity index is 330. The summed E-state index contributed by atoms with van der Waals surface area (Å²) in [6, 6.07) is 0. The standard InChI is InChI=1S/C14H26N2O3/c1-13(2,3)16-8-5-11(17)15-10-14(6-4-7-14)9-12(18)19/h16H,4-10H2,1-3H3,(H,15,17)(H,18,19). The fourth-order valence-corrected chi connectivity index (χ4v) is 2.34. The molecular weight excluding hydrogens is 244 g/mol. The summed E-state index contributed by atoms with van der Waals surface area (Å²) in [5.74, 6) is -0.781. The normalized spacial score (nSPS) is 17.6. The van der Waals surface area contributed by atoms with Gasteiger partial charge in [-0.05, 0) is 39.0 Å². The highest BCUT2D eigenvalue weighted by Gasteiger charge is 2.39. The molecule has 0 aromatic heterocycles. The van der Waals surface area contributed by atoms with E-state index in [9.17, 15) is 9.59 Å². The number of hydrogen-bond donors (Lipinski definition) is 3. The highest BCUT2D eigenvalue weighted by Crippen LogP contribution is 2.43. The predicted octanol–water partition coefficient (Wildman–Crippen LogP) is 1.53. The third-order valence-electron chi connectivity index (χ3n) is 3.61. The summed E-state index contributed by atoms with van der Waals surface area (Å²) in [6.45, 7) is 7.30. The molecule has 0 aromatic rings. The van der Waals surface area contributed by atoms with Crippen molar-refractivity contribution in [2.45, 2.75) is 58.4 Å². The molecular formula is C14H26N2O3. The fourth-order valence-electron chi connectivity index (χ4n) is 2.34. The second-order valence-corrected chi connectivity index (χ2v) is 6.63. The number of carbonyl (C=O) groups is 2. The summed E-state index contributed by atoms with van der Waals surface area (Å²) >= 11 is 0. The number of amides is 1. The highest BCUT2D eigenvalue weighted by atomic mass is 16.4. The average molecular weight is 270 g/mol. The van der Waals surface area contributed by atoms with Gasteiger partial charge in [0.2, 0.25) is 5.91 Å². The summed E-state index contributed by atoms with van der Waals surface area (Å²) in [5, 5.41) is 15.0. The number of carboxylic acid groups (broad SMARTS) is 1. The van der Waals surface area contributed by atoms with E-state index in [1.165, 1.54) is 0 Å². The van der Waals surface area contributed by atoms with E-state index in [-0.39, 0.29) is 23.3 Å². The highest BCUT2D eigenvalue weighted by molar-refractivity contribution is 5.76. The third kappa shape index (κ3) is 6.05. The molecule has 110 valence electrons. The Morgan fingerprint density at radius 3 is 2.32 bits per heavy atom. The van der Waals surface area contributed by atoms with Crippen molar-refractivity contribution in [3.8, 4) is 0 Å². The van der Waals surface area contributed by atoms with Crippen molar-refractivity contribution in [2.75, 3.05) is 13.1 Å². The Labute approximate surface area is 115 Å². The lowest BCUT2D eigenvalue weighted by atomic mass is 9.66. The van der Waals surface area contributed by atoms with Crippen LogP contribution in [0.3, 0.4) is 0 Å². The Kier molecular flexibility index (Phi) is 5.35. The van der Waals surface area contributed by atoms with Crippen LogP contribution in [0.5, 0.6) is 0 Å². The minimum atomic E-state index is -0.775.